The molecule has 0 atom stereocenters. The topological polar surface area (TPSA) is 88.1 Å². The lowest BCUT2D eigenvalue weighted by atomic mass is 10.1. The molecule has 0 aliphatic rings. The van der Waals surface area contributed by atoms with E-state index in [1.54, 1.807) is 23.0 Å². The number of carbonyl (C=O) groups excluding carboxylic acids is 1. The number of methoxy groups -OCH3 is 1. The van der Waals surface area contributed by atoms with E-state index in [0.717, 1.165) is 5.56 Å². The maximum atomic E-state index is 13.4. The van der Waals surface area contributed by atoms with Gasteiger partial charge in [0, 0.05) is 13.1 Å². The molecule has 0 saturated carbocycles. The molecule has 0 unspecified atom stereocenters. The molecule has 33 heavy (non-hydrogen) atoms. The number of fused-ring (bicyclic) bond motifs is 1. The lowest BCUT2D eigenvalue weighted by molar-refractivity contribution is 0.0600. The number of para-hydroxylation sites is 1. The van der Waals surface area contributed by atoms with Crippen molar-refractivity contribution in [3.8, 4) is 5.69 Å². The fourth-order valence-electron chi connectivity index (χ4n) is 3.75. The Morgan fingerprint density at radius 3 is 2.36 bits per heavy atom. The summed E-state index contributed by atoms with van der Waals surface area (Å²) in [6.07, 6.45) is 2.28. The highest BCUT2D eigenvalue weighted by atomic mass is 16.5. The lowest BCUT2D eigenvalue weighted by Crippen LogP contribution is -2.40. The third kappa shape index (κ3) is 4.37. The molecule has 0 radical (unpaired) electrons. The van der Waals surface area contributed by atoms with E-state index in [1.165, 1.54) is 16.2 Å². The van der Waals surface area contributed by atoms with Crippen LogP contribution in [0.4, 0.5) is 0 Å². The average Bonchev–Trinajstić information content (AvgIpc) is 3.22. The molecule has 8 heteroatoms. The zero-order valence-electron chi connectivity index (χ0n) is 18.9. The molecule has 170 valence electrons. The van der Waals surface area contributed by atoms with E-state index in [0.29, 0.717) is 47.8 Å². The molecule has 4 aromatic rings. The van der Waals surface area contributed by atoms with E-state index >= 15 is 0 Å². The quantitative estimate of drug-likeness (QED) is 0.407. The van der Waals surface area contributed by atoms with Crippen molar-refractivity contribution in [1.82, 2.24) is 18.7 Å². The van der Waals surface area contributed by atoms with Crippen LogP contribution in [-0.2, 0) is 17.8 Å². The van der Waals surface area contributed by atoms with Crippen molar-refractivity contribution < 1.29 is 9.53 Å². The number of imidazole rings is 1. The smallest absolute Gasteiger partial charge is 0.337 e. The molecule has 2 heterocycles. The molecule has 0 fully saturated rings. The van der Waals surface area contributed by atoms with Gasteiger partial charge in [-0.2, -0.15) is 0 Å². The Kier molecular flexibility index (Phi) is 6.26. The van der Waals surface area contributed by atoms with Gasteiger partial charge in [-0.1, -0.05) is 44.2 Å². The number of hydrogen-bond donors (Lipinski definition) is 0. The summed E-state index contributed by atoms with van der Waals surface area (Å²) in [5.41, 5.74) is 1.91. The summed E-state index contributed by atoms with van der Waals surface area (Å²) in [6, 6.07) is 16.2. The number of esters is 1. The minimum Gasteiger partial charge on any atom is -0.465 e. The zero-order valence-corrected chi connectivity index (χ0v) is 18.9. The molecular formula is C25H26N4O4. The maximum absolute atomic E-state index is 13.4. The SMILES string of the molecule is COC(=O)c1ccc(Cn2cnc3c2c(=O)n(CCC(C)C)c(=O)n3-c2ccccc2)cc1. The van der Waals surface area contributed by atoms with E-state index in [2.05, 4.69) is 18.8 Å². The van der Waals surface area contributed by atoms with E-state index in [4.69, 9.17) is 4.74 Å². The van der Waals surface area contributed by atoms with Gasteiger partial charge in [-0.25, -0.2) is 19.1 Å². The van der Waals surface area contributed by atoms with Gasteiger partial charge in [0.1, 0.15) is 0 Å². The minimum absolute atomic E-state index is 0.322. The first-order valence-electron chi connectivity index (χ1n) is 10.8. The molecule has 0 saturated heterocycles. The van der Waals surface area contributed by atoms with E-state index in [-0.39, 0.29) is 5.56 Å². The second-order valence-corrected chi connectivity index (χ2v) is 8.33. The van der Waals surface area contributed by atoms with Crippen LogP contribution < -0.4 is 11.2 Å². The molecule has 0 bridgehead atoms. The van der Waals surface area contributed by atoms with Gasteiger partial charge in [0.2, 0.25) is 0 Å². The molecule has 2 aromatic heterocycles. The van der Waals surface area contributed by atoms with Crippen LogP contribution in [0.15, 0.2) is 70.5 Å². The highest BCUT2D eigenvalue weighted by Crippen LogP contribution is 2.15. The van der Waals surface area contributed by atoms with Crippen LogP contribution in [0.25, 0.3) is 16.9 Å². The molecule has 2 aromatic carbocycles. The summed E-state index contributed by atoms with van der Waals surface area (Å²) in [6.45, 7) is 4.81. The summed E-state index contributed by atoms with van der Waals surface area (Å²) in [5, 5.41) is 0. The van der Waals surface area contributed by atoms with Crippen molar-refractivity contribution in [3.05, 3.63) is 92.9 Å². The predicted molar refractivity (Wildman–Crippen MR) is 126 cm³/mol. The minimum atomic E-state index is -0.408. The van der Waals surface area contributed by atoms with Crippen LogP contribution in [0.3, 0.4) is 0 Å². The third-order valence-electron chi connectivity index (χ3n) is 5.57. The number of nitrogens with zero attached hydrogens (tertiary/aromatic N) is 4. The maximum Gasteiger partial charge on any atom is 0.337 e. The largest absolute Gasteiger partial charge is 0.465 e. The number of benzene rings is 2. The Labute approximate surface area is 190 Å². The Hall–Kier alpha value is -3.94. The molecule has 8 nitrogen and oxygen atoms in total. The normalized spacial score (nSPS) is 11.3. The number of carbonyl (C=O) groups is 1. The number of ether oxygens (including phenoxy) is 1. The van der Waals surface area contributed by atoms with Crippen molar-refractivity contribution in [2.75, 3.05) is 7.11 Å². The highest BCUT2D eigenvalue weighted by molar-refractivity contribution is 5.89. The van der Waals surface area contributed by atoms with Gasteiger partial charge < -0.3 is 9.30 Å². The fraction of sp³-hybridized carbons (Fsp3) is 0.280. The Bertz CT molecular complexity index is 1400. The molecule has 4 rings (SSSR count). The van der Waals surface area contributed by atoms with E-state index in [1.807, 2.05) is 42.5 Å². The van der Waals surface area contributed by atoms with E-state index < -0.39 is 11.7 Å². The first kappa shape index (κ1) is 22.3. The summed E-state index contributed by atoms with van der Waals surface area (Å²) in [5.74, 6) is -0.0649. The molecular weight excluding hydrogens is 420 g/mol. The third-order valence-corrected chi connectivity index (χ3v) is 5.57. The highest BCUT2D eigenvalue weighted by Gasteiger charge is 2.19. The van der Waals surface area contributed by atoms with E-state index in [9.17, 15) is 14.4 Å². The second-order valence-electron chi connectivity index (χ2n) is 8.33. The van der Waals surface area contributed by atoms with Crippen LogP contribution in [0.5, 0.6) is 0 Å². The standard InChI is InChI=1S/C25H26N4O4/c1-17(2)13-14-28-23(30)21-22(29(25(28)32)20-7-5-4-6-8-20)26-16-27(21)15-18-9-11-19(12-10-18)24(31)33-3/h4-12,16-17H,13-15H2,1-3H3. The first-order chi connectivity index (χ1) is 15.9. The van der Waals surface area contributed by atoms with Gasteiger partial charge in [0.05, 0.1) is 24.7 Å². The average molecular weight is 447 g/mol. The van der Waals surface area contributed by atoms with Crippen molar-refractivity contribution in [1.29, 1.82) is 0 Å². The molecule has 0 amide bonds. The van der Waals surface area contributed by atoms with Crippen LogP contribution >= 0.6 is 0 Å². The summed E-state index contributed by atoms with van der Waals surface area (Å²) >= 11 is 0. The number of hydrogen-bond acceptors (Lipinski definition) is 5. The molecule has 0 aliphatic carbocycles. The molecule has 0 N–H and O–H groups in total. The van der Waals surface area contributed by atoms with Crippen LogP contribution in [-0.4, -0.2) is 31.8 Å². The molecule has 0 aliphatic heterocycles. The van der Waals surface area contributed by atoms with Crippen molar-refractivity contribution >= 4 is 17.1 Å². The first-order valence-corrected chi connectivity index (χ1v) is 10.8. The predicted octanol–water partition coefficient (Wildman–Crippen LogP) is 3.23. The van der Waals surface area contributed by atoms with Crippen LogP contribution in [0.1, 0.15) is 36.2 Å². The number of aromatic nitrogens is 4. The summed E-state index contributed by atoms with van der Waals surface area (Å²) < 4.78 is 9.28. The van der Waals surface area contributed by atoms with Gasteiger partial charge in [-0.15, -0.1) is 0 Å². The Morgan fingerprint density at radius 1 is 1.03 bits per heavy atom. The van der Waals surface area contributed by atoms with Crippen molar-refractivity contribution in [2.24, 2.45) is 5.92 Å². The van der Waals surface area contributed by atoms with Gasteiger partial charge in [-0.05, 0) is 42.2 Å². The Morgan fingerprint density at radius 2 is 1.73 bits per heavy atom. The van der Waals surface area contributed by atoms with Crippen LogP contribution in [0, 0.1) is 5.92 Å². The van der Waals surface area contributed by atoms with Gasteiger partial charge in [-0.3, -0.25) is 9.36 Å². The summed E-state index contributed by atoms with van der Waals surface area (Å²) in [7, 11) is 1.34. The van der Waals surface area contributed by atoms with Crippen molar-refractivity contribution in [3.63, 3.8) is 0 Å². The van der Waals surface area contributed by atoms with Gasteiger partial charge in [0.15, 0.2) is 11.2 Å². The van der Waals surface area contributed by atoms with Crippen LogP contribution in [0.2, 0.25) is 0 Å². The van der Waals surface area contributed by atoms with Crippen molar-refractivity contribution in [2.45, 2.75) is 33.4 Å². The zero-order chi connectivity index (χ0) is 23.5. The fourth-order valence-corrected chi connectivity index (χ4v) is 3.75. The second kappa shape index (κ2) is 9.28. The molecule has 0 spiro atoms. The monoisotopic (exact) mass is 446 g/mol. The number of rotatable bonds is 7. The lowest BCUT2D eigenvalue weighted by Gasteiger charge is -2.13. The van der Waals surface area contributed by atoms with Gasteiger partial charge in [0.25, 0.3) is 5.56 Å². The van der Waals surface area contributed by atoms with Gasteiger partial charge >= 0.3 is 11.7 Å². The Balaban J connectivity index is 1.85. The summed E-state index contributed by atoms with van der Waals surface area (Å²) in [4.78, 5) is 42.9.